The zero-order chi connectivity index (χ0) is 16.1. The zero-order valence-electron chi connectivity index (χ0n) is 13.1. The number of hydrogen-bond donors (Lipinski definition) is 1. The van der Waals surface area contributed by atoms with Gasteiger partial charge < -0.3 is 10.2 Å². The van der Waals surface area contributed by atoms with E-state index >= 15 is 0 Å². The number of carbonyl (C=O) groups is 1. The molecule has 116 valence electrons. The highest BCUT2D eigenvalue weighted by molar-refractivity contribution is 5.96. The Bertz CT molecular complexity index is 641. The number of aryl methyl sites for hydroxylation is 1. The molecule has 0 spiro atoms. The number of rotatable bonds is 5. The second-order valence-corrected chi connectivity index (χ2v) is 5.51. The Balaban J connectivity index is 2.11. The summed E-state index contributed by atoms with van der Waals surface area (Å²) >= 11 is 0. The van der Waals surface area contributed by atoms with E-state index in [2.05, 4.69) is 5.32 Å². The predicted octanol–water partition coefficient (Wildman–Crippen LogP) is 3.99. The van der Waals surface area contributed by atoms with Crippen molar-refractivity contribution in [2.24, 2.45) is 0 Å². The minimum atomic E-state index is -0.315. The molecule has 0 bridgehead atoms. The van der Waals surface area contributed by atoms with Crippen LogP contribution < -0.4 is 10.2 Å². The zero-order valence-corrected chi connectivity index (χ0v) is 13.1. The molecule has 0 radical (unpaired) electrons. The monoisotopic (exact) mass is 300 g/mol. The molecule has 1 amide bonds. The molecule has 2 aromatic rings. The van der Waals surface area contributed by atoms with Gasteiger partial charge in [-0.3, -0.25) is 4.79 Å². The number of carbonyl (C=O) groups excluding carboxylic acids is 1. The number of amides is 1. The van der Waals surface area contributed by atoms with Gasteiger partial charge in [-0.15, -0.1) is 0 Å². The Morgan fingerprint density at radius 1 is 1.18 bits per heavy atom. The van der Waals surface area contributed by atoms with Crippen molar-refractivity contribution in [3.05, 3.63) is 59.9 Å². The van der Waals surface area contributed by atoms with Crippen LogP contribution in [-0.2, 0) is 4.79 Å². The SMILES string of the molecule is Cc1ccc(F)cc1NCC(=O)N(c1ccccc1)C(C)C. The van der Waals surface area contributed by atoms with Crippen LogP contribution in [0.3, 0.4) is 0 Å². The standard InChI is InChI=1S/C18H21FN2O/c1-13(2)21(16-7-5-4-6-8-16)18(22)12-20-17-11-15(19)10-9-14(17)3/h4-11,13,20H,12H2,1-3H3. The highest BCUT2D eigenvalue weighted by Crippen LogP contribution is 2.18. The van der Waals surface area contributed by atoms with Gasteiger partial charge in [0.2, 0.25) is 5.91 Å². The Hall–Kier alpha value is -2.36. The first-order valence-corrected chi connectivity index (χ1v) is 7.36. The third-order valence-corrected chi connectivity index (χ3v) is 3.45. The van der Waals surface area contributed by atoms with Gasteiger partial charge in [-0.05, 0) is 50.6 Å². The van der Waals surface area contributed by atoms with Gasteiger partial charge in [0.25, 0.3) is 0 Å². The molecule has 0 aromatic heterocycles. The summed E-state index contributed by atoms with van der Waals surface area (Å²) in [7, 11) is 0. The average Bonchev–Trinajstić information content (AvgIpc) is 2.49. The molecule has 2 aromatic carbocycles. The molecule has 0 fully saturated rings. The first kappa shape index (κ1) is 16.0. The lowest BCUT2D eigenvalue weighted by atomic mass is 10.2. The highest BCUT2D eigenvalue weighted by atomic mass is 19.1. The van der Waals surface area contributed by atoms with Gasteiger partial charge in [0.05, 0.1) is 6.54 Å². The Morgan fingerprint density at radius 2 is 1.86 bits per heavy atom. The van der Waals surface area contributed by atoms with Crippen LogP contribution >= 0.6 is 0 Å². The molecule has 0 saturated carbocycles. The summed E-state index contributed by atoms with van der Waals surface area (Å²) in [6, 6.07) is 14.1. The summed E-state index contributed by atoms with van der Waals surface area (Å²) in [6.45, 7) is 5.94. The van der Waals surface area contributed by atoms with Gasteiger partial charge in [-0.2, -0.15) is 0 Å². The number of para-hydroxylation sites is 1. The van der Waals surface area contributed by atoms with Gasteiger partial charge in [0.1, 0.15) is 5.82 Å². The van der Waals surface area contributed by atoms with E-state index in [1.54, 1.807) is 11.0 Å². The predicted molar refractivity (Wildman–Crippen MR) is 88.7 cm³/mol. The molecule has 0 aliphatic rings. The quantitative estimate of drug-likeness (QED) is 0.905. The summed E-state index contributed by atoms with van der Waals surface area (Å²) in [5.74, 6) is -0.366. The van der Waals surface area contributed by atoms with Crippen molar-refractivity contribution in [1.29, 1.82) is 0 Å². The molecule has 0 heterocycles. The molecular formula is C18H21FN2O. The van der Waals surface area contributed by atoms with E-state index in [4.69, 9.17) is 0 Å². The molecule has 3 nitrogen and oxygen atoms in total. The molecule has 0 saturated heterocycles. The smallest absolute Gasteiger partial charge is 0.246 e. The number of hydrogen-bond acceptors (Lipinski definition) is 2. The lowest BCUT2D eigenvalue weighted by Gasteiger charge is -2.27. The molecule has 22 heavy (non-hydrogen) atoms. The fourth-order valence-electron chi connectivity index (χ4n) is 2.36. The summed E-state index contributed by atoms with van der Waals surface area (Å²) in [6.07, 6.45) is 0. The topological polar surface area (TPSA) is 32.3 Å². The van der Waals surface area contributed by atoms with Crippen LogP contribution in [0.5, 0.6) is 0 Å². The summed E-state index contributed by atoms with van der Waals surface area (Å²) in [4.78, 5) is 14.3. The normalized spacial score (nSPS) is 10.6. The van der Waals surface area contributed by atoms with Crippen LogP contribution in [0.2, 0.25) is 0 Å². The highest BCUT2D eigenvalue weighted by Gasteiger charge is 2.18. The van der Waals surface area contributed by atoms with E-state index < -0.39 is 0 Å². The van der Waals surface area contributed by atoms with E-state index in [1.165, 1.54) is 12.1 Å². The molecule has 4 heteroatoms. The Labute approximate surface area is 130 Å². The lowest BCUT2D eigenvalue weighted by Crippen LogP contribution is -2.40. The Morgan fingerprint density at radius 3 is 2.50 bits per heavy atom. The largest absolute Gasteiger partial charge is 0.376 e. The minimum Gasteiger partial charge on any atom is -0.376 e. The van der Waals surface area contributed by atoms with Crippen molar-refractivity contribution in [1.82, 2.24) is 0 Å². The van der Waals surface area contributed by atoms with E-state index in [0.717, 1.165) is 11.3 Å². The van der Waals surface area contributed by atoms with Crippen LogP contribution in [0, 0.1) is 12.7 Å². The van der Waals surface area contributed by atoms with Crippen LogP contribution in [0.25, 0.3) is 0 Å². The number of benzene rings is 2. The van der Waals surface area contributed by atoms with E-state index in [0.29, 0.717) is 5.69 Å². The van der Waals surface area contributed by atoms with Gasteiger partial charge in [0.15, 0.2) is 0 Å². The molecule has 0 aliphatic carbocycles. The van der Waals surface area contributed by atoms with Crippen molar-refractivity contribution >= 4 is 17.3 Å². The number of anilines is 2. The van der Waals surface area contributed by atoms with Crippen LogP contribution in [0.4, 0.5) is 15.8 Å². The second-order valence-electron chi connectivity index (χ2n) is 5.51. The lowest BCUT2D eigenvalue weighted by molar-refractivity contribution is -0.117. The molecule has 1 N–H and O–H groups in total. The number of nitrogens with one attached hydrogen (secondary N) is 1. The number of halogens is 1. The summed E-state index contributed by atoms with van der Waals surface area (Å²) in [5.41, 5.74) is 2.41. The van der Waals surface area contributed by atoms with Crippen molar-refractivity contribution in [2.45, 2.75) is 26.8 Å². The maximum Gasteiger partial charge on any atom is 0.246 e. The van der Waals surface area contributed by atoms with Gasteiger partial charge in [-0.25, -0.2) is 4.39 Å². The van der Waals surface area contributed by atoms with E-state index in [9.17, 15) is 9.18 Å². The first-order valence-electron chi connectivity index (χ1n) is 7.36. The molecular weight excluding hydrogens is 279 g/mol. The van der Waals surface area contributed by atoms with Crippen LogP contribution in [0.15, 0.2) is 48.5 Å². The first-order chi connectivity index (χ1) is 10.5. The van der Waals surface area contributed by atoms with Crippen LogP contribution in [-0.4, -0.2) is 18.5 Å². The van der Waals surface area contributed by atoms with Crippen molar-refractivity contribution < 1.29 is 9.18 Å². The molecule has 0 atom stereocenters. The fraction of sp³-hybridized carbons (Fsp3) is 0.278. The summed E-state index contributed by atoms with van der Waals surface area (Å²) in [5, 5.41) is 3.03. The summed E-state index contributed by atoms with van der Waals surface area (Å²) < 4.78 is 13.3. The van der Waals surface area contributed by atoms with Crippen molar-refractivity contribution in [2.75, 3.05) is 16.8 Å². The van der Waals surface area contributed by atoms with Crippen LogP contribution in [0.1, 0.15) is 19.4 Å². The Kier molecular flexibility index (Phi) is 5.15. The molecule has 0 aliphatic heterocycles. The fourth-order valence-corrected chi connectivity index (χ4v) is 2.36. The molecule has 0 unspecified atom stereocenters. The van der Waals surface area contributed by atoms with Crippen molar-refractivity contribution in [3.63, 3.8) is 0 Å². The third-order valence-electron chi connectivity index (χ3n) is 3.45. The average molecular weight is 300 g/mol. The van der Waals surface area contributed by atoms with Gasteiger partial charge >= 0.3 is 0 Å². The maximum absolute atomic E-state index is 13.3. The van der Waals surface area contributed by atoms with E-state index in [1.807, 2.05) is 51.1 Å². The number of nitrogens with zero attached hydrogens (tertiary/aromatic N) is 1. The molecule has 2 rings (SSSR count). The third kappa shape index (κ3) is 3.85. The van der Waals surface area contributed by atoms with Gasteiger partial charge in [-0.1, -0.05) is 24.3 Å². The maximum atomic E-state index is 13.3. The van der Waals surface area contributed by atoms with E-state index in [-0.39, 0.29) is 24.3 Å². The second kappa shape index (κ2) is 7.07. The minimum absolute atomic E-state index is 0.0466. The van der Waals surface area contributed by atoms with Crippen molar-refractivity contribution in [3.8, 4) is 0 Å². The van der Waals surface area contributed by atoms with Gasteiger partial charge in [0, 0.05) is 17.4 Å².